The van der Waals surface area contributed by atoms with Crippen molar-refractivity contribution in [1.29, 1.82) is 0 Å². The van der Waals surface area contributed by atoms with Gasteiger partial charge in [0.05, 0.1) is 17.2 Å². The van der Waals surface area contributed by atoms with Crippen LogP contribution in [0.5, 0.6) is 5.75 Å². The Bertz CT molecular complexity index is 984. The number of hydrogen-bond donors (Lipinski definition) is 2. The van der Waals surface area contributed by atoms with E-state index in [-0.39, 0.29) is 11.8 Å². The van der Waals surface area contributed by atoms with Gasteiger partial charge in [-0.25, -0.2) is 4.79 Å². The van der Waals surface area contributed by atoms with Crippen molar-refractivity contribution >= 4 is 22.7 Å². The molecule has 0 aliphatic heterocycles. The molecule has 2 N–H and O–H groups in total. The first-order chi connectivity index (χ1) is 14.1. The molecule has 0 saturated heterocycles. The Balaban J connectivity index is 2.53. The van der Waals surface area contributed by atoms with Gasteiger partial charge in [0.2, 0.25) is 6.41 Å². The van der Waals surface area contributed by atoms with Crippen LogP contribution in [-0.2, 0) is 9.47 Å². The average molecular weight is 437 g/mol. The predicted octanol–water partition coefficient (Wildman–Crippen LogP) is 3.66. The van der Waals surface area contributed by atoms with E-state index in [4.69, 9.17) is 19.0 Å². The van der Waals surface area contributed by atoms with E-state index in [0.717, 1.165) is 4.73 Å². The zero-order chi connectivity index (χ0) is 23.6. The van der Waals surface area contributed by atoms with Crippen LogP contribution in [0, 0.1) is 0 Å². The molecule has 0 aliphatic rings. The molecule has 0 radical (unpaired) electrons. The number of ether oxygens (including phenoxy) is 3. The van der Waals surface area contributed by atoms with E-state index < -0.39 is 29.3 Å². The lowest BCUT2D eigenvalue weighted by molar-refractivity contribution is -0.148. The van der Waals surface area contributed by atoms with Gasteiger partial charge in [0.1, 0.15) is 17.0 Å². The summed E-state index contributed by atoms with van der Waals surface area (Å²) in [5, 5.41) is 13.3. The number of hydrogen-bond acceptors (Lipinski definition) is 8. The summed E-state index contributed by atoms with van der Waals surface area (Å²) in [4.78, 5) is 30.6. The largest absolute Gasteiger partial charge is 0.534 e. The molecule has 9 heteroatoms. The minimum Gasteiger partial charge on any atom is -0.491 e. The lowest BCUT2D eigenvalue weighted by Gasteiger charge is -2.25. The molecule has 1 heterocycles. The van der Waals surface area contributed by atoms with Crippen LogP contribution in [0.3, 0.4) is 0 Å². The Labute approximate surface area is 181 Å². The monoisotopic (exact) mass is 436 g/mol. The van der Waals surface area contributed by atoms with Crippen LogP contribution >= 0.6 is 0 Å². The van der Waals surface area contributed by atoms with E-state index in [9.17, 15) is 14.7 Å². The standard InChI is InChI=1S/C22H32N2O7/c1-13(2)28-15-10-9-14-11-16(23-19(26)29-21(3,4)5)18(25)24(17(14)12-15)31-20(27)30-22(6,7)8/h9-13,19,23,26H,1-8H3. The molecule has 31 heavy (non-hydrogen) atoms. The maximum absolute atomic E-state index is 13.1. The van der Waals surface area contributed by atoms with Crippen molar-refractivity contribution in [1.82, 2.24) is 4.73 Å². The molecule has 172 valence electrons. The van der Waals surface area contributed by atoms with Crippen LogP contribution in [0.1, 0.15) is 55.4 Å². The van der Waals surface area contributed by atoms with Crippen molar-refractivity contribution in [2.45, 2.75) is 79.1 Å². The third-order valence-corrected chi connectivity index (χ3v) is 3.61. The number of aliphatic hydroxyl groups is 1. The van der Waals surface area contributed by atoms with Crippen molar-refractivity contribution in [3.63, 3.8) is 0 Å². The van der Waals surface area contributed by atoms with Crippen molar-refractivity contribution in [3.05, 3.63) is 34.6 Å². The summed E-state index contributed by atoms with van der Waals surface area (Å²) >= 11 is 0. The van der Waals surface area contributed by atoms with Crippen LogP contribution in [0.4, 0.5) is 10.5 Å². The Hall–Kier alpha value is -2.78. The van der Waals surface area contributed by atoms with Gasteiger partial charge in [0, 0.05) is 11.5 Å². The third-order valence-electron chi connectivity index (χ3n) is 3.61. The smallest absolute Gasteiger partial charge is 0.491 e. The van der Waals surface area contributed by atoms with E-state index >= 15 is 0 Å². The average Bonchev–Trinajstić information content (AvgIpc) is 2.55. The lowest BCUT2D eigenvalue weighted by Crippen LogP contribution is -2.38. The van der Waals surface area contributed by atoms with E-state index in [2.05, 4.69) is 5.32 Å². The van der Waals surface area contributed by atoms with Gasteiger partial charge in [-0.3, -0.25) is 9.63 Å². The zero-order valence-electron chi connectivity index (χ0n) is 19.3. The fourth-order valence-electron chi connectivity index (χ4n) is 2.64. The number of carbonyl (C=O) groups excluding carboxylic acids is 1. The predicted molar refractivity (Wildman–Crippen MR) is 117 cm³/mol. The molecule has 0 aliphatic carbocycles. The number of benzene rings is 1. The molecule has 0 bridgehead atoms. The van der Waals surface area contributed by atoms with E-state index in [1.54, 1.807) is 59.7 Å². The second-order valence-corrected chi connectivity index (χ2v) is 9.33. The van der Waals surface area contributed by atoms with Gasteiger partial charge >= 0.3 is 11.7 Å². The van der Waals surface area contributed by atoms with Gasteiger partial charge < -0.3 is 24.6 Å². The number of pyridine rings is 1. The SMILES string of the molecule is CC(C)Oc1ccc2cc(NC(O)OC(C)(C)C)c(=O)n(OC(=O)OC(C)(C)C)c2c1. The van der Waals surface area contributed by atoms with Gasteiger partial charge in [0.25, 0.3) is 0 Å². The topological polar surface area (TPSA) is 108 Å². The highest BCUT2D eigenvalue weighted by Gasteiger charge is 2.23. The number of aliphatic hydroxyl groups excluding tert-OH is 1. The first-order valence-electron chi connectivity index (χ1n) is 10.0. The first-order valence-corrected chi connectivity index (χ1v) is 10.0. The summed E-state index contributed by atoms with van der Waals surface area (Å²) < 4.78 is 17.1. The van der Waals surface area contributed by atoms with Crippen LogP contribution in [0.15, 0.2) is 29.1 Å². The highest BCUT2D eigenvalue weighted by atomic mass is 16.8. The molecule has 2 aromatic rings. The number of fused-ring (bicyclic) bond motifs is 1. The number of nitrogens with zero attached hydrogens (tertiary/aromatic N) is 1. The van der Waals surface area contributed by atoms with Crippen LogP contribution in [0.2, 0.25) is 0 Å². The minimum absolute atomic E-state index is 0.0228. The maximum Gasteiger partial charge on any atom is 0.534 e. The summed E-state index contributed by atoms with van der Waals surface area (Å²) in [6, 6.07) is 6.56. The number of rotatable bonds is 6. The zero-order valence-corrected chi connectivity index (χ0v) is 19.3. The molecular formula is C22H32N2O7. The Morgan fingerprint density at radius 2 is 1.71 bits per heavy atom. The molecule has 9 nitrogen and oxygen atoms in total. The molecule has 1 aromatic heterocycles. The van der Waals surface area contributed by atoms with E-state index in [1.165, 1.54) is 6.07 Å². The number of nitrogens with one attached hydrogen (secondary N) is 1. The minimum atomic E-state index is -1.45. The summed E-state index contributed by atoms with van der Waals surface area (Å²) in [6.07, 6.45) is -2.59. The quantitative estimate of drug-likeness (QED) is 0.522. The van der Waals surface area contributed by atoms with Gasteiger partial charge in [-0.2, -0.15) is 0 Å². The highest BCUT2D eigenvalue weighted by molar-refractivity contribution is 5.84. The van der Waals surface area contributed by atoms with Crippen LogP contribution < -0.4 is 20.5 Å². The highest BCUT2D eigenvalue weighted by Crippen LogP contribution is 2.23. The summed E-state index contributed by atoms with van der Waals surface area (Å²) in [6.45, 7) is 14.1. The second kappa shape index (κ2) is 9.15. The fourth-order valence-corrected chi connectivity index (χ4v) is 2.64. The van der Waals surface area contributed by atoms with Crippen molar-refractivity contribution in [3.8, 4) is 5.75 Å². The van der Waals surface area contributed by atoms with Crippen molar-refractivity contribution in [2.75, 3.05) is 5.32 Å². The maximum atomic E-state index is 13.1. The van der Waals surface area contributed by atoms with Gasteiger partial charge in [-0.05, 0) is 73.6 Å². The first kappa shape index (κ1) is 24.5. The van der Waals surface area contributed by atoms with Gasteiger partial charge in [-0.15, -0.1) is 4.73 Å². The summed E-state index contributed by atoms with van der Waals surface area (Å²) in [7, 11) is 0. The number of carbonyl (C=O) groups is 1. The van der Waals surface area contributed by atoms with Crippen LogP contribution in [-0.4, -0.2) is 39.7 Å². The fraction of sp³-hybridized carbons (Fsp3) is 0.545. The molecule has 0 fully saturated rings. The number of anilines is 1. The Kier molecular flexibility index (Phi) is 7.23. The van der Waals surface area contributed by atoms with Gasteiger partial charge in [-0.1, -0.05) is 0 Å². The van der Waals surface area contributed by atoms with Crippen molar-refractivity contribution in [2.24, 2.45) is 0 Å². The molecule has 0 saturated carbocycles. The molecule has 0 amide bonds. The molecule has 1 atom stereocenters. The molecule has 1 aromatic carbocycles. The lowest BCUT2D eigenvalue weighted by atomic mass is 10.2. The third kappa shape index (κ3) is 7.45. The Morgan fingerprint density at radius 3 is 2.26 bits per heavy atom. The second-order valence-electron chi connectivity index (χ2n) is 9.33. The number of aromatic nitrogens is 1. The molecule has 0 spiro atoms. The normalized spacial score (nSPS) is 13.2. The molecular weight excluding hydrogens is 404 g/mol. The Morgan fingerprint density at radius 1 is 1.06 bits per heavy atom. The summed E-state index contributed by atoms with van der Waals surface area (Å²) in [5.74, 6) is 0.500. The summed E-state index contributed by atoms with van der Waals surface area (Å²) in [5.41, 5.74) is -1.90. The van der Waals surface area contributed by atoms with E-state index in [1.807, 2.05) is 13.8 Å². The van der Waals surface area contributed by atoms with Crippen molar-refractivity contribution < 1.29 is 28.9 Å². The van der Waals surface area contributed by atoms with Gasteiger partial charge in [0.15, 0.2) is 0 Å². The molecule has 2 rings (SSSR count). The molecule has 1 unspecified atom stereocenters. The van der Waals surface area contributed by atoms with Crippen LogP contribution in [0.25, 0.3) is 10.9 Å². The van der Waals surface area contributed by atoms with E-state index in [0.29, 0.717) is 16.7 Å².